The Balaban J connectivity index is 1.70. The third-order valence-electron chi connectivity index (χ3n) is 4.90. The Labute approximate surface area is 183 Å². The molecule has 1 saturated carbocycles. The van der Waals surface area contributed by atoms with Gasteiger partial charge in [-0.15, -0.1) is 10.2 Å². The number of anilines is 1. The molecular weight excluding hydrogens is 481 g/mol. The second-order valence-corrected chi connectivity index (χ2v) is 9.96. The minimum atomic E-state index is -4.50. The van der Waals surface area contributed by atoms with E-state index in [9.17, 15) is 18.3 Å². The highest BCUT2D eigenvalue weighted by atomic mass is 79.9. The van der Waals surface area contributed by atoms with Gasteiger partial charge in [-0.3, -0.25) is 0 Å². The van der Waals surface area contributed by atoms with Crippen LogP contribution in [0.15, 0.2) is 22.7 Å². The molecule has 0 saturated heterocycles. The number of hydrogen-bond donors (Lipinski definition) is 2. The summed E-state index contributed by atoms with van der Waals surface area (Å²) >= 11 is 4.63. The van der Waals surface area contributed by atoms with E-state index < -0.39 is 17.3 Å². The number of pyridine rings is 1. The summed E-state index contributed by atoms with van der Waals surface area (Å²) in [5, 5.41) is 22.4. The SMILES string of the molecule is CC(C)(O)CCNc1nnc(-c2cc(Br)c3cc(C4CC4)cc(C(F)(F)F)c3n2)s1. The molecule has 0 unspecified atom stereocenters. The van der Waals surface area contributed by atoms with E-state index in [0.717, 1.165) is 12.8 Å². The van der Waals surface area contributed by atoms with Gasteiger partial charge in [-0.2, -0.15) is 13.2 Å². The topological polar surface area (TPSA) is 70.9 Å². The molecule has 1 aromatic carbocycles. The Bertz CT molecular complexity index is 1090. The van der Waals surface area contributed by atoms with Crippen LogP contribution in [0.1, 0.15) is 50.2 Å². The van der Waals surface area contributed by atoms with Gasteiger partial charge in [0.25, 0.3) is 0 Å². The number of hydrogen-bond acceptors (Lipinski definition) is 6. The minimum Gasteiger partial charge on any atom is -0.390 e. The van der Waals surface area contributed by atoms with Crippen molar-refractivity contribution in [2.24, 2.45) is 0 Å². The molecule has 4 rings (SSSR count). The van der Waals surface area contributed by atoms with Crippen LogP contribution in [0.25, 0.3) is 21.6 Å². The van der Waals surface area contributed by atoms with Gasteiger partial charge in [-0.25, -0.2) is 4.98 Å². The third-order valence-corrected chi connectivity index (χ3v) is 6.46. The van der Waals surface area contributed by atoms with E-state index in [1.807, 2.05) is 0 Å². The van der Waals surface area contributed by atoms with Crippen molar-refractivity contribution < 1.29 is 18.3 Å². The van der Waals surface area contributed by atoms with E-state index in [4.69, 9.17) is 0 Å². The van der Waals surface area contributed by atoms with Crippen LogP contribution in [0.4, 0.5) is 18.3 Å². The molecule has 2 N–H and O–H groups in total. The van der Waals surface area contributed by atoms with Crippen LogP contribution in [0.5, 0.6) is 0 Å². The molecule has 30 heavy (non-hydrogen) atoms. The van der Waals surface area contributed by atoms with Crippen molar-refractivity contribution >= 4 is 43.3 Å². The van der Waals surface area contributed by atoms with Gasteiger partial charge in [0.1, 0.15) is 5.69 Å². The Morgan fingerprint density at radius 3 is 2.57 bits per heavy atom. The van der Waals surface area contributed by atoms with Crippen molar-refractivity contribution in [2.75, 3.05) is 11.9 Å². The minimum absolute atomic E-state index is 0.0944. The van der Waals surface area contributed by atoms with Gasteiger partial charge in [0.05, 0.1) is 16.7 Å². The highest BCUT2D eigenvalue weighted by Crippen LogP contribution is 2.45. The van der Waals surface area contributed by atoms with Gasteiger partial charge in [0.15, 0.2) is 5.01 Å². The summed E-state index contributed by atoms with van der Waals surface area (Å²) < 4.78 is 41.9. The Kier molecular flexibility index (Phi) is 5.52. The largest absolute Gasteiger partial charge is 0.418 e. The Morgan fingerprint density at radius 2 is 1.93 bits per heavy atom. The van der Waals surface area contributed by atoms with E-state index in [2.05, 4.69) is 36.4 Å². The van der Waals surface area contributed by atoms with E-state index in [1.165, 1.54) is 17.4 Å². The van der Waals surface area contributed by atoms with Crippen molar-refractivity contribution in [1.82, 2.24) is 15.2 Å². The average molecular weight is 501 g/mol. The maximum absolute atomic E-state index is 13.8. The maximum Gasteiger partial charge on any atom is 0.418 e. The molecule has 10 heteroatoms. The maximum atomic E-state index is 13.8. The Hall–Kier alpha value is -1.78. The van der Waals surface area contributed by atoms with Gasteiger partial charge in [-0.1, -0.05) is 27.3 Å². The lowest BCUT2D eigenvalue weighted by atomic mass is 10.0. The molecule has 5 nitrogen and oxygen atoms in total. The lowest BCUT2D eigenvalue weighted by Crippen LogP contribution is -2.22. The third kappa shape index (κ3) is 4.76. The molecule has 0 aliphatic heterocycles. The second-order valence-electron chi connectivity index (χ2n) is 8.13. The number of halogens is 4. The molecule has 0 radical (unpaired) electrons. The molecule has 3 aromatic rings. The molecule has 0 bridgehead atoms. The van der Waals surface area contributed by atoms with Crippen LogP contribution in [0, 0.1) is 0 Å². The molecule has 1 fully saturated rings. The normalized spacial score (nSPS) is 15.0. The number of nitrogens with one attached hydrogen (secondary N) is 1. The molecule has 160 valence electrons. The fourth-order valence-corrected chi connectivity index (χ4v) is 4.41. The molecule has 0 atom stereocenters. The summed E-state index contributed by atoms with van der Waals surface area (Å²) in [5.74, 6) is 0.197. The monoisotopic (exact) mass is 500 g/mol. The van der Waals surface area contributed by atoms with Crippen LogP contribution in [0.2, 0.25) is 0 Å². The molecule has 1 aliphatic rings. The zero-order chi connectivity index (χ0) is 21.7. The number of benzene rings is 1. The first-order chi connectivity index (χ1) is 14.0. The molecule has 0 amide bonds. The quantitative estimate of drug-likeness (QED) is 0.435. The zero-order valence-corrected chi connectivity index (χ0v) is 18.7. The van der Waals surface area contributed by atoms with E-state index in [0.29, 0.717) is 44.2 Å². The first-order valence-electron chi connectivity index (χ1n) is 9.53. The predicted octanol–water partition coefficient (Wildman–Crippen LogP) is 5.98. The van der Waals surface area contributed by atoms with Gasteiger partial charge in [0.2, 0.25) is 5.13 Å². The molecule has 2 heterocycles. The molecule has 1 aliphatic carbocycles. The molecular formula is C20H20BrF3N4OS. The number of nitrogens with zero attached hydrogens (tertiary/aromatic N) is 3. The van der Waals surface area contributed by atoms with Crippen LogP contribution in [0.3, 0.4) is 0 Å². The smallest absolute Gasteiger partial charge is 0.390 e. The first-order valence-corrected chi connectivity index (χ1v) is 11.1. The summed E-state index contributed by atoms with van der Waals surface area (Å²) in [4.78, 5) is 4.32. The summed E-state index contributed by atoms with van der Waals surface area (Å²) in [6, 6.07) is 4.71. The zero-order valence-electron chi connectivity index (χ0n) is 16.3. The van der Waals surface area contributed by atoms with Crippen LogP contribution < -0.4 is 5.32 Å². The van der Waals surface area contributed by atoms with Crippen LogP contribution >= 0.6 is 27.3 Å². The summed E-state index contributed by atoms with van der Waals surface area (Å²) in [6.07, 6.45) is -2.15. The summed E-state index contributed by atoms with van der Waals surface area (Å²) in [7, 11) is 0. The van der Waals surface area contributed by atoms with Gasteiger partial charge in [-0.05, 0) is 62.8 Å². The number of aromatic nitrogens is 3. The van der Waals surface area contributed by atoms with Crippen molar-refractivity contribution in [3.63, 3.8) is 0 Å². The first kappa shape index (κ1) is 21.5. The highest BCUT2D eigenvalue weighted by molar-refractivity contribution is 9.10. The van der Waals surface area contributed by atoms with Crippen molar-refractivity contribution in [3.8, 4) is 10.7 Å². The summed E-state index contributed by atoms with van der Waals surface area (Å²) in [6.45, 7) is 3.92. The fourth-order valence-electron chi connectivity index (χ4n) is 3.16. The number of rotatable bonds is 6. The van der Waals surface area contributed by atoms with E-state index in [-0.39, 0.29) is 11.4 Å². The van der Waals surface area contributed by atoms with Crippen LogP contribution in [-0.4, -0.2) is 32.4 Å². The van der Waals surface area contributed by atoms with Gasteiger partial charge < -0.3 is 10.4 Å². The number of fused-ring (bicyclic) bond motifs is 1. The molecule has 0 spiro atoms. The van der Waals surface area contributed by atoms with Crippen molar-refractivity contribution in [3.05, 3.63) is 33.8 Å². The second kappa shape index (κ2) is 7.72. The standard InChI is InChI=1S/C20H20BrF3N4OS/c1-19(2,29)5-6-25-18-28-27-17(30-18)15-9-14(21)12-7-11(10-3-4-10)8-13(16(12)26-15)20(22,23)24/h7-10,29H,3-6H2,1-2H3,(H,25,28). The highest BCUT2D eigenvalue weighted by Gasteiger charge is 2.36. The Morgan fingerprint density at radius 1 is 1.20 bits per heavy atom. The molecule has 2 aromatic heterocycles. The lowest BCUT2D eigenvalue weighted by Gasteiger charge is -2.16. The summed E-state index contributed by atoms with van der Waals surface area (Å²) in [5.41, 5.74) is -0.592. The number of aliphatic hydroxyl groups is 1. The van der Waals surface area contributed by atoms with E-state index in [1.54, 1.807) is 26.0 Å². The van der Waals surface area contributed by atoms with Gasteiger partial charge >= 0.3 is 6.18 Å². The predicted molar refractivity (Wildman–Crippen MR) is 115 cm³/mol. The van der Waals surface area contributed by atoms with Crippen molar-refractivity contribution in [1.29, 1.82) is 0 Å². The van der Waals surface area contributed by atoms with Crippen molar-refractivity contribution in [2.45, 2.75) is 50.8 Å². The fraction of sp³-hybridized carbons (Fsp3) is 0.450. The average Bonchev–Trinajstić information content (AvgIpc) is 3.38. The number of alkyl halides is 3. The van der Waals surface area contributed by atoms with E-state index >= 15 is 0 Å². The lowest BCUT2D eigenvalue weighted by molar-refractivity contribution is -0.136. The van der Waals surface area contributed by atoms with Crippen LogP contribution in [-0.2, 0) is 6.18 Å². The van der Waals surface area contributed by atoms with Gasteiger partial charge in [0, 0.05) is 16.4 Å².